The molecule has 19 heavy (non-hydrogen) atoms. The number of anilines is 1. The van der Waals surface area contributed by atoms with Crippen LogP contribution in [-0.2, 0) is 6.18 Å². The Morgan fingerprint density at radius 1 is 1.26 bits per heavy atom. The first-order valence-electron chi connectivity index (χ1n) is 6.51. The number of halogens is 3. The number of hydrogen-bond donors (Lipinski definition) is 1. The molecule has 1 aromatic rings. The van der Waals surface area contributed by atoms with Crippen molar-refractivity contribution < 1.29 is 17.9 Å². The van der Waals surface area contributed by atoms with E-state index in [1.165, 1.54) is 12.1 Å². The highest BCUT2D eigenvalue weighted by atomic mass is 19.4. The Bertz CT molecular complexity index is 404. The summed E-state index contributed by atoms with van der Waals surface area (Å²) < 4.78 is 44.2. The number of benzene rings is 1. The molecule has 0 heterocycles. The molecule has 0 fully saturated rings. The van der Waals surface area contributed by atoms with E-state index in [9.17, 15) is 13.2 Å². The van der Waals surface area contributed by atoms with Crippen LogP contribution in [0.15, 0.2) is 18.2 Å². The first-order chi connectivity index (χ1) is 8.88. The molecule has 5 heteroatoms. The second kappa shape index (κ2) is 6.68. The Balaban J connectivity index is 2.93. The minimum Gasteiger partial charge on any atom is -0.490 e. The van der Waals surface area contributed by atoms with Crippen molar-refractivity contribution in [2.45, 2.75) is 51.8 Å². The highest BCUT2D eigenvalue weighted by molar-refractivity contribution is 5.49. The zero-order chi connectivity index (χ0) is 14.5. The van der Waals surface area contributed by atoms with E-state index in [0.717, 1.165) is 25.3 Å². The Morgan fingerprint density at radius 2 is 1.95 bits per heavy atom. The summed E-state index contributed by atoms with van der Waals surface area (Å²) in [5, 5.41) is 0. The zero-order valence-electron chi connectivity index (χ0n) is 11.3. The van der Waals surface area contributed by atoms with E-state index in [0.29, 0.717) is 6.42 Å². The van der Waals surface area contributed by atoms with E-state index in [2.05, 4.69) is 0 Å². The van der Waals surface area contributed by atoms with Gasteiger partial charge >= 0.3 is 6.18 Å². The van der Waals surface area contributed by atoms with Crippen LogP contribution < -0.4 is 10.5 Å². The largest absolute Gasteiger partial charge is 0.490 e. The molecule has 0 saturated heterocycles. The number of alkyl halides is 3. The lowest BCUT2D eigenvalue weighted by atomic mass is 10.1. The van der Waals surface area contributed by atoms with Crippen molar-refractivity contribution in [3.8, 4) is 5.75 Å². The maximum absolute atomic E-state index is 12.9. The standard InChI is InChI=1S/C14H20F3NO/c1-3-5-6-11(4-2)19-13-8-7-10(18)9-12(13)14(15,16)17/h7-9,11H,3-6,18H2,1-2H3/t11-/m0/s1. The van der Waals surface area contributed by atoms with Gasteiger partial charge in [0, 0.05) is 5.69 Å². The number of hydrogen-bond acceptors (Lipinski definition) is 2. The van der Waals surface area contributed by atoms with Gasteiger partial charge in [0.15, 0.2) is 0 Å². The monoisotopic (exact) mass is 275 g/mol. The van der Waals surface area contributed by atoms with E-state index < -0.39 is 11.7 Å². The summed E-state index contributed by atoms with van der Waals surface area (Å²) in [6, 6.07) is 3.64. The molecule has 0 saturated carbocycles. The summed E-state index contributed by atoms with van der Waals surface area (Å²) >= 11 is 0. The van der Waals surface area contributed by atoms with Crippen LogP contribution in [-0.4, -0.2) is 6.10 Å². The van der Waals surface area contributed by atoms with Gasteiger partial charge < -0.3 is 10.5 Å². The molecule has 1 rings (SSSR count). The van der Waals surface area contributed by atoms with Gasteiger partial charge in [0.05, 0.1) is 11.7 Å². The summed E-state index contributed by atoms with van der Waals surface area (Å²) in [5.74, 6) is -0.135. The molecule has 108 valence electrons. The van der Waals surface area contributed by atoms with E-state index in [1.54, 1.807) is 0 Å². The lowest BCUT2D eigenvalue weighted by Crippen LogP contribution is -2.18. The van der Waals surface area contributed by atoms with Crippen LogP contribution >= 0.6 is 0 Å². The SMILES string of the molecule is CCCC[C@H](CC)Oc1ccc(N)cc1C(F)(F)F. The van der Waals surface area contributed by atoms with Crippen LogP contribution in [0.25, 0.3) is 0 Å². The minimum absolute atomic E-state index is 0.0845. The van der Waals surface area contributed by atoms with E-state index in [-0.39, 0.29) is 17.5 Å². The molecule has 0 aliphatic heterocycles. The maximum atomic E-state index is 12.9. The van der Waals surface area contributed by atoms with Gasteiger partial charge in [0.25, 0.3) is 0 Å². The van der Waals surface area contributed by atoms with Crippen molar-refractivity contribution >= 4 is 5.69 Å². The molecule has 0 unspecified atom stereocenters. The van der Waals surface area contributed by atoms with Crippen molar-refractivity contribution in [3.05, 3.63) is 23.8 Å². The van der Waals surface area contributed by atoms with Crippen molar-refractivity contribution in [1.82, 2.24) is 0 Å². The fraction of sp³-hybridized carbons (Fsp3) is 0.571. The van der Waals surface area contributed by atoms with Crippen LogP contribution in [0.5, 0.6) is 5.75 Å². The molecule has 1 aromatic carbocycles. The first kappa shape index (κ1) is 15.7. The number of ether oxygens (including phenoxy) is 1. The van der Waals surface area contributed by atoms with Gasteiger partial charge in [0.1, 0.15) is 5.75 Å². The average Bonchev–Trinajstić information content (AvgIpc) is 2.34. The van der Waals surface area contributed by atoms with Gasteiger partial charge in [-0.05, 0) is 31.0 Å². The molecule has 0 amide bonds. The van der Waals surface area contributed by atoms with E-state index >= 15 is 0 Å². The van der Waals surface area contributed by atoms with Gasteiger partial charge in [-0.2, -0.15) is 13.2 Å². The average molecular weight is 275 g/mol. The molecular formula is C14H20F3NO. The molecule has 0 aliphatic rings. The maximum Gasteiger partial charge on any atom is 0.420 e. The van der Waals surface area contributed by atoms with E-state index in [4.69, 9.17) is 10.5 Å². The van der Waals surface area contributed by atoms with Crippen LogP contribution in [0, 0.1) is 0 Å². The Hall–Kier alpha value is -1.39. The normalized spacial score (nSPS) is 13.3. The highest BCUT2D eigenvalue weighted by Crippen LogP contribution is 2.38. The van der Waals surface area contributed by atoms with E-state index in [1.807, 2.05) is 13.8 Å². The van der Waals surface area contributed by atoms with Crippen LogP contribution in [0.3, 0.4) is 0 Å². The topological polar surface area (TPSA) is 35.2 Å². The van der Waals surface area contributed by atoms with Gasteiger partial charge in [-0.15, -0.1) is 0 Å². The van der Waals surface area contributed by atoms with Crippen molar-refractivity contribution in [2.24, 2.45) is 0 Å². The fourth-order valence-corrected chi connectivity index (χ4v) is 1.83. The second-order valence-corrected chi connectivity index (χ2v) is 4.54. The second-order valence-electron chi connectivity index (χ2n) is 4.54. The number of unbranched alkanes of at least 4 members (excludes halogenated alkanes) is 1. The van der Waals surface area contributed by atoms with Gasteiger partial charge in [0.2, 0.25) is 0 Å². The molecule has 0 bridgehead atoms. The molecule has 0 spiro atoms. The van der Waals surface area contributed by atoms with Crippen LogP contribution in [0.2, 0.25) is 0 Å². The van der Waals surface area contributed by atoms with Crippen LogP contribution in [0.4, 0.5) is 18.9 Å². The molecule has 2 N–H and O–H groups in total. The van der Waals surface area contributed by atoms with Crippen molar-refractivity contribution in [2.75, 3.05) is 5.73 Å². The number of nitrogen functional groups attached to an aromatic ring is 1. The van der Waals surface area contributed by atoms with Gasteiger partial charge in [-0.1, -0.05) is 26.7 Å². The van der Waals surface area contributed by atoms with Crippen molar-refractivity contribution in [3.63, 3.8) is 0 Å². The highest BCUT2D eigenvalue weighted by Gasteiger charge is 2.35. The first-order valence-corrected chi connectivity index (χ1v) is 6.51. The third kappa shape index (κ3) is 4.65. The third-order valence-electron chi connectivity index (χ3n) is 2.94. The Kier molecular flexibility index (Phi) is 5.51. The Labute approximate surface area is 111 Å². The molecule has 2 nitrogen and oxygen atoms in total. The summed E-state index contributed by atoms with van der Waals surface area (Å²) in [4.78, 5) is 0. The molecular weight excluding hydrogens is 255 g/mol. The van der Waals surface area contributed by atoms with Gasteiger partial charge in [-0.25, -0.2) is 0 Å². The number of nitrogens with two attached hydrogens (primary N) is 1. The Morgan fingerprint density at radius 3 is 2.47 bits per heavy atom. The molecule has 1 atom stereocenters. The number of rotatable bonds is 6. The quantitative estimate of drug-likeness (QED) is 0.768. The molecule has 0 aromatic heterocycles. The summed E-state index contributed by atoms with van der Waals surface area (Å²) in [5.41, 5.74) is 4.69. The third-order valence-corrected chi connectivity index (χ3v) is 2.94. The van der Waals surface area contributed by atoms with Gasteiger partial charge in [-0.3, -0.25) is 0 Å². The predicted molar refractivity (Wildman–Crippen MR) is 70.1 cm³/mol. The minimum atomic E-state index is -4.45. The summed E-state index contributed by atoms with van der Waals surface area (Å²) in [6.07, 6.45) is -1.27. The molecule has 0 radical (unpaired) electrons. The van der Waals surface area contributed by atoms with Crippen molar-refractivity contribution in [1.29, 1.82) is 0 Å². The molecule has 0 aliphatic carbocycles. The zero-order valence-corrected chi connectivity index (χ0v) is 11.3. The summed E-state index contributed by atoms with van der Waals surface area (Å²) in [7, 11) is 0. The lowest BCUT2D eigenvalue weighted by Gasteiger charge is -2.21. The van der Waals surface area contributed by atoms with Crippen LogP contribution in [0.1, 0.15) is 45.1 Å². The predicted octanol–water partition coefficient (Wildman–Crippen LogP) is 4.64. The summed E-state index contributed by atoms with van der Waals surface area (Å²) in [6.45, 7) is 3.95. The lowest BCUT2D eigenvalue weighted by molar-refractivity contribution is -0.139. The smallest absolute Gasteiger partial charge is 0.420 e. The fourth-order valence-electron chi connectivity index (χ4n) is 1.83.